The fourth-order valence-corrected chi connectivity index (χ4v) is 2.15. The molecule has 18 heavy (non-hydrogen) atoms. The van der Waals surface area contributed by atoms with Crippen LogP contribution in [0.5, 0.6) is 11.5 Å². The minimum absolute atomic E-state index is 0.0169. The molecule has 0 saturated heterocycles. The first kappa shape index (κ1) is 12.9. The quantitative estimate of drug-likeness (QED) is 0.826. The molecule has 0 bridgehead atoms. The van der Waals surface area contributed by atoms with E-state index < -0.39 is 0 Å². The van der Waals surface area contributed by atoms with Gasteiger partial charge < -0.3 is 10.2 Å². The molecule has 2 rings (SSSR count). The molecular formula is C13H8BrClO3. The standard InChI is InChI=1S/C13H8BrClO3/c14-9-4-2-1-3-7(9)13(18)8-5-10(15)12(17)6-11(8)16/h1-6,16-17H. The molecular weight excluding hydrogens is 319 g/mol. The second-order valence-corrected chi connectivity index (χ2v) is 4.89. The number of hydrogen-bond donors (Lipinski definition) is 2. The Hall–Kier alpha value is -1.52. The predicted octanol–water partition coefficient (Wildman–Crippen LogP) is 3.74. The predicted molar refractivity (Wildman–Crippen MR) is 72.4 cm³/mol. The van der Waals surface area contributed by atoms with Crippen LogP contribution in [0.1, 0.15) is 15.9 Å². The number of carbonyl (C=O) groups excluding carboxylic acids is 1. The van der Waals surface area contributed by atoms with Gasteiger partial charge in [-0.05, 0) is 18.2 Å². The lowest BCUT2D eigenvalue weighted by atomic mass is 10.0. The molecule has 0 aliphatic heterocycles. The number of carbonyl (C=O) groups is 1. The summed E-state index contributed by atoms with van der Waals surface area (Å²) in [5, 5.41) is 19.0. The Bertz CT molecular complexity index is 626. The third kappa shape index (κ3) is 2.35. The summed E-state index contributed by atoms with van der Waals surface area (Å²) in [4.78, 5) is 12.2. The van der Waals surface area contributed by atoms with Crippen molar-refractivity contribution in [3.63, 3.8) is 0 Å². The maximum absolute atomic E-state index is 12.2. The Labute approximate surface area is 117 Å². The van der Waals surface area contributed by atoms with Gasteiger partial charge in [0.2, 0.25) is 0 Å². The van der Waals surface area contributed by atoms with Crippen molar-refractivity contribution >= 4 is 33.3 Å². The second-order valence-electron chi connectivity index (χ2n) is 3.63. The third-order valence-corrected chi connectivity index (χ3v) is 3.42. The Balaban J connectivity index is 2.53. The average molecular weight is 328 g/mol. The molecule has 0 aliphatic carbocycles. The van der Waals surface area contributed by atoms with Crippen molar-refractivity contribution in [2.24, 2.45) is 0 Å². The number of rotatable bonds is 2. The molecule has 5 heteroatoms. The molecule has 0 fully saturated rings. The van der Waals surface area contributed by atoms with Gasteiger partial charge in [-0.15, -0.1) is 0 Å². The molecule has 2 N–H and O–H groups in total. The Morgan fingerprint density at radius 2 is 1.72 bits per heavy atom. The van der Waals surface area contributed by atoms with Crippen molar-refractivity contribution in [2.75, 3.05) is 0 Å². The summed E-state index contributed by atoms with van der Waals surface area (Å²) in [6.07, 6.45) is 0. The fraction of sp³-hybridized carbons (Fsp3) is 0. The number of hydrogen-bond acceptors (Lipinski definition) is 3. The van der Waals surface area contributed by atoms with E-state index >= 15 is 0 Å². The van der Waals surface area contributed by atoms with Crippen LogP contribution < -0.4 is 0 Å². The maximum atomic E-state index is 12.2. The van der Waals surface area contributed by atoms with Crippen molar-refractivity contribution in [2.45, 2.75) is 0 Å². The lowest BCUT2D eigenvalue weighted by Crippen LogP contribution is -2.02. The van der Waals surface area contributed by atoms with Gasteiger partial charge in [0.25, 0.3) is 0 Å². The summed E-state index contributed by atoms with van der Waals surface area (Å²) in [5.74, 6) is -0.947. The van der Waals surface area contributed by atoms with Crippen LogP contribution in [0.15, 0.2) is 40.9 Å². The lowest BCUT2D eigenvalue weighted by molar-refractivity contribution is 0.103. The van der Waals surface area contributed by atoms with Gasteiger partial charge in [0.05, 0.1) is 10.6 Å². The van der Waals surface area contributed by atoms with Crippen LogP contribution in [0.25, 0.3) is 0 Å². The summed E-state index contributed by atoms with van der Waals surface area (Å²) in [5.41, 5.74) is 0.458. The van der Waals surface area contributed by atoms with Gasteiger partial charge in [0.15, 0.2) is 5.78 Å². The van der Waals surface area contributed by atoms with Gasteiger partial charge in [-0.25, -0.2) is 0 Å². The molecule has 0 saturated carbocycles. The van der Waals surface area contributed by atoms with Crippen molar-refractivity contribution < 1.29 is 15.0 Å². The molecule has 0 heterocycles. The summed E-state index contributed by atoms with van der Waals surface area (Å²) in [7, 11) is 0. The molecule has 0 spiro atoms. The zero-order valence-electron chi connectivity index (χ0n) is 9.02. The Morgan fingerprint density at radius 1 is 1.06 bits per heavy atom. The first-order valence-electron chi connectivity index (χ1n) is 5.01. The van der Waals surface area contributed by atoms with Gasteiger partial charge in [-0.1, -0.05) is 39.7 Å². The van der Waals surface area contributed by atoms with Crippen LogP contribution in [-0.4, -0.2) is 16.0 Å². The normalized spacial score (nSPS) is 10.3. The summed E-state index contributed by atoms with van der Waals surface area (Å²) < 4.78 is 0.624. The van der Waals surface area contributed by atoms with E-state index in [1.165, 1.54) is 6.07 Å². The van der Waals surface area contributed by atoms with Gasteiger partial charge in [-0.3, -0.25) is 4.79 Å². The molecule has 92 valence electrons. The van der Waals surface area contributed by atoms with Gasteiger partial charge in [0.1, 0.15) is 11.5 Å². The first-order chi connectivity index (χ1) is 8.50. The van der Waals surface area contributed by atoms with E-state index in [1.807, 2.05) is 0 Å². The molecule has 0 radical (unpaired) electrons. The molecule has 3 nitrogen and oxygen atoms in total. The summed E-state index contributed by atoms with van der Waals surface area (Å²) >= 11 is 9.00. The first-order valence-corrected chi connectivity index (χ1v) is 6.18. The molecule has 0 aromatic heterocycles. The zero-order chi connectivity index (χ0) is 13.3. The van der Waals surface area contributed by atoms with Crippen LogP contribution in [0.2, 0.25) is 5.02 Å². The maximum Gasteiger partial charge on any atom is 0.197 e. The van der Waals surface area contributed by atoms with E-state index in [1.54, 1.807) is 24.3 Å². The molecule has 2 aromatic carbocycles. The second kappa shape index (κ2) is 5.00. The minimum Gasteiger partial charge on any atom is -0.507 e. The number of phenolic OH excluding ortho intramolecular Hbond substituents is 2. The Kier molecular flexibility index (Phi) is 3.59. The topological polar surface area (TPSA) is 57.5 Å². The van der Waals surface area contributed by atoms with Crippen molar-refractivity contribution in [3.8, 4) is 11.5 Å². The van der Waals surface area contributed by atoms with E-state index in [4.69, 9.17) is 11.6 Å². The van der Waals surface area contributed by atoms with Crippen LogP contribution >= 0.6 is 27.5 Å². The lowest BCUT2D eigenvalue weighted by Gasteiger charge is -2.07. The fourth-order valence-electron chi connectivity index (χ4n) is 1.52. The molecule has 2 aromatic rings. The monoisotopic (exact) mass is 326 g/mol. The summed E-state index contributed by atoms with van der Waals surface area (Å²) in [6.45, 7) is 0. The van der Waals surface area contributed by atoms with Crippen LogP contribution in [0, 0.1) is 0 Å². The average Bonchev–Trinajstić information content (AvgIpc) is 2.33. The smallest absolute Gasteiger partial charge is 0.197 e. The SMILES string of the molecule is O=C(c1cc(Cl)c(O)cc1O)c1ccccc1Br. The molecule has 0 aliphatic rings. The highest BCUT2D eigenvalue weighted by atomic mass is 79.9. The number of aromatic hydroxyl groups is 2. The number of halogens is 2. The van der Waals surface area contributed by atoms with Gasteiger partial charge >= 0.3 is 0 Å². The van der Waals surface area contributed by atoms with E-state index in [2.05, 4.69) is 15.9 Å². The third-order valence-electron chi connectivity index (χ3n) is 2.43. The van der Waals surface area contributed by atoms with E-state index in [9.17, 15) is 15.0 Å². The van der Waals surface area contributed by atoms with E-state index in [0.717, 1.165) is 6.07 Å². The number of ketones is 1. The van der Waals surface area contributed by atoms with Gasteiger partial charge in [-0.2, -0.15) is 0 Å². The van der Waals surface area contributed by atoms with E-state index in [-0.39, 0.29) is 27.9 Å². The minimum atomic E-state index is -0.373. The molecule has 0 unspecified atom stereocenters. The zero-order valence-corrected chi connectivity index (χ0v) is 11.4. The van der Waals surface area contributed by atoms with Crippen LogP contribution in [0.3, 0.4) is 0 Å². The van der Waals surface area contributed by atoms with Crippen molar-refractivity contribution in [1.82, 2.24) is 0 Å². The van der Waals surface area contributed by atoms with Crippen LogP contribution in [0.4, 0.5) is 0 Å². The summed E-state index contributed by atoms with van der Waals surface area (Å²) in [6, 6.07) is 9.15. The Morgan fingerprint density at radius 3 is 2.39 bits per heavy atom. The van der Waals surface area contributed by atoms with Crippen molar-refractivity contribution in [3.05, 3.63) is 57.0 Å². The highest BCUT2D eigenvalue weighted by Gasteiger charge is 2.18. The van der Waals surface area contributed by atoms with Crippen molar-refractivity contribution in [1.29, 1.82) is 0 Å². The highest BCUT2D eigenvalue weighted by molar-refractivity contribution is 9.10. The van der Waals surface area contributed by atoms with E-state index in [0.29, 0.717) is 10.0 Å². The van der Waals surface area contributed by atoms with Crippen LogP contribution in [-0.2, 0) is 0 Å². The largest absolute Gasteiger partial charge is 0.507 e. The highest BCUT2D eigenvalue weighted by Crippen LogP contribution is 2.33. The number of phenols is 2. The molecule has 0 amide bonds. The number of benzene rings is 2. The molecule has 0 atom stereocenters. The van der Waals surface area contributed by atoms with Gasteiger partial charge in [0, 0.05) is 16.1 Å².